The maximum atomic E-state index is 12.0. The minimum absolute atomic E-state index is 0.0984. The maximum absolute atomic E-state index is 12.0. The van der Waals surface area contributed by atoms with Gasteiger partial charge in [-0.05, 0) is 41.7 Å². The molecule has 1 heterocycles. The van der Waals surface area contributed by atoms with Crippen molar-refractivity contribution in [2.75, 3.05) is 19.6 Å². The van der Waals surface area contributed by atoms with Gasteiger partial charge in [0.05, 0.1) is 6.42 Å². The fourth-order valence-electron chi connectivity index (χ4n) is 3.13. The van der Waals surface area contributed by atoms with Gasteiger partial charge in [-0.3, -0.25) is 9.69 Å². The Morgan fingerprint density at radius 2 is 1.83 bits per heavy atom. The summed E-state index contributed by atoms with van der Waals surface area (Å²) in [5.41, 5.74) is 3.97. The van der Waals surface area contributed by atoms with Crippen molar-refractivity contribution in [3.63, 3.8) is 0 Å². The van der Waals surface area contributed by atoms with Crippen molar-refractivity contribution in [3.8, 4) is 0 Å². The predicted molar refractivity (Wildman–Crippen MR) is 101 cm³/mol. The monoisotopic (exact) mass is 386 g/mol. The van der Waals surface area contributed by atoms with Crippen LogP contribution in [-0.4, -0.2) is 30.4 Å². The minimum atomic E-state index is 0.0984. The Balaban J connectivity index is 1.35. The molecule has 0 aromatic heterocycles. The van der Waals surface area contributed by atoms with E-state index in [1.165, 1.54) is 11.1 Å². The molecule has 2 aromatic carbocycles. The molecule has 1 aliphatic heterocycles. The van der Waals surface area contributed by atoms with Gasteiger partial charge in [-0.15, -0.1) is 0 Å². The van der Waals surface area contributed by atoms with E-state index in [-0.39, 0.29) is 5.91 Å². The minimum Gasteiger partial charge on any atom is -0.356 e. The number of hydrogen-bond acceptors (Lipinski definition) is 2. The van der Waals surface area contributed by atoms with Gasteiger partial charge in [0.15, 0.2) is 0 Å². The highest BCUT2D eigenvalue weighted by atomic mass is 79.9. The molecular formula is C20H23BrN2O. The molecular weight excluding hydrogens is 364 g/mol. The molecule has 0 radical (unpaired) electrons. The number of nitrogens with zero attached hydrogens (tertiary/aromatic N) is 1. The van der Waals surface area contributed by atoms with E-state index in [2.05, 4.69) is 50.4 Å². The second kappa shape index (κ2) is 8.45. The number of carbonyl (C=O) groups excluding carboxylic acids is 1. The molecule has 0 saturated carbocycles. The SMILES string of the molecule is O=C(Cc1ccc(Br)cc1)NCCCN1CCc2ccccc2C1. The van der Waals surface area contributed by atoms with E-state index in [0.29, 0.717) is 6.42 Å². The highest BCUT2D eigenvalue weighted by Gasteiger charge is 2.14. The van der Waals surface area contributed by atoms with E-state index in [1.807, 2.05) is 24.3 Å². The van der Waals surface area contributed by atoms with Gasteiger partial charge in [-0.1, -0.05) is 52.3 Å². The third-order valence-corrected chi connectivity index (χ3v) is 4.99. The molecule has 24 heavy (non-hydrogen) atoms. The van der Waals surface area contributed by atoms with Crippen LogP contribution in [0.4, 0.5) is 0 Å². The lowest BCUT2D eigenvalue weighted by Gasteiger charge is -2.28. The topological polar surface area (TPSA) is 32.3 Å². The van der Waals surface area contributed by atoms with E-state index in [9.17, 15) is 4.79 Å². The van der Waals surface area contributed by atoms with Crippen molar-refractivity contribution < 1.29 is 4.79 Å². The Labute approximate surface area is 152 Å². The first kappa shape index (κ1) is 17.2. The molecule has 0 aliphatic carbocycles. The number of carbonyl (C=O) groups is 1. The van der Waals surface area contributed by atoms with E-state index in [4.69, 9.17) is 0 Å². The number of benzene rings is 2. The van der Waals surface area contributed by atoms with Crippen LogP contribution >= 0.6 is 15.9 Å². The summed E-state index contributed by atoms with van der Waals surface area (Å²) >= 11 is 3.41. The van der Waals surface area contributed by atoms with Gasteiger partial charge < -0.3 is 5.32 Å². The first-order valence-corrected chi connectivity index (χ1v) is 9.30. The van der Waals surface area contributed by atoms with E-state index in [0.717, 1.165) is 49.1 Å². The van der Waals surface area contributed by atoms with Gasteiger partial charge >= 0.3 is 0 Å². The van der Waals surface area contributed by atoms with Crippen LogP contribution in [0.1, 0.15) is 23.1 Å². The molecule has 4 heteroatoms. The van der Waals surface area contributed by atoms with Crippen molar-refractivity contribution in [2.45, 2.75) is 25.8 Å². The molecule has 1 aliphatic rings. The summed E-state index contributed by atoms with van der Waals surface area (Å²) in [5.74, 6) is 0.0984. The number of hydrogen-bond donors (Lipinski definition) is 1. The average Bonchev–Trinajstić information content (AvgIpc) is 2.60. The van der Waals surface area contributed by atoms with Crippen molar-refractivity contribution in [1.82, 2.24) is 10.2 Å². The Morgan fingerprint density at radius 1 is 1.08 bits per heavy atom. The number of rotatable bonds is 6. The molecule has 126 valence electrons. The molecule has 3 rings (SSSR count). The zero-order valence-corrected chi connectivity index (χ0v) is 15.4. The predicted octanol–water partition coefficient (Wildman–Crippen LogP) is 3.56. The molecule has 0 spiro atoms. The zero-order chi connectivity index (χ0) is 16.8. The quantitative estimate of drug-likeness (QED) is 0.769. The van der Waals surface area contributed by atoms with Crippen LogP contribution in [0, 0.1) is 0 Å². The summed E-state index contributed by atoms with van der Waals surface area (Å²) < 4.78 is 1.04. The normalized spacial score (nSPS) is 14.2. The van der Waals surface area contributed by atoms with Gasteiger partial charge in [0.1, 0.15) is 0 Å². The molecule has 0 bridgehead atoms. The van der Waals surface area contributed by atoms with Crippen molar-refractivity contribution in [1.29, 1.82) is 0 Å². The fraction of sp³-hybridized carbons (Fsp3) is 0.350. The summed E-state index contributed by atoms with van der Waals surface area (Å²) in [6.45, 7) is 3.92. The number of amides is 1. The maximum Gasteiger partial charge on any atom is 0.224 e. The van der Waals surface area contributed by atoms with Crippen LogP contribution in [-0.2, 0) is 24.2 Å². The largest absolute Gasteiger partial charge is 0.356 e. The van der Waals surface area contributed by atoms with Crippen LogP contribution < -0.4 is 5.32 Å². The van der Waals surface area contributed by atoms with Crippen molar-refractivity contribution in [2.24, 2.45) is 0 Å². The third-order valence-electron chi connectivity index (χ3n) is 4.46. The lowest BCUT2D eigenvalue weighted by molar-refractivity contribution is -0.120. The molecule has 0 atom stereocenters. The Morgan fingerprint density at radius 3 is 2.62 bits per heavy atom. The van der Waals surface area contributed by atoms with Gasteiger partial charge in [0, 0.05) is 30.7 Å². The molecule has 1 N–H and O–H groups in total. The second-order valence-electron chi connectivity index (χ2n) is 6.30. The summed E-state index contributed by atoms with van der Waals surface area (Å²) in [5, 5.41) is 3.03. The summed E-state index contributed by atoms with van der Waals surface area (Å²) in [7, 11) is 0. The Hall–Kier alpha value is -1.65. The van der Waals surface area contributed by atoms with E-state index >= 15 is 0 Å². The number of halogens is 1. The van der Waals surface area contributed by atoms with Crippen molar-refractivity contribution >= 4 is 21.8 Å². The number of nitrogens with one attached hydrogen (secondary N) is 1. The van der Waals surface area contributed by atoms with Crippen LogP contribution in [0.3, 0.4) is 0 Å². The van der Waals surface area contributed by atoms with Gasteiger partial charge in [-0.2, -0.15) is 0 Å². The first-order chi connectivity index (χ1) is 11.7. The van der Waals surface area contributed by atoms with E-state index in [1.54, 1.807) is 0 Å². The highest BCUT2D eigenvalue weighted by molar-refractivity contribution is 9.10. The Bertz CT molecular complexity index is 684. The average molecular weight is 387 g/mol. The summed E-state index contributed by atoms with van der Waals surface area (Å²) in [4.78, 5) is 14.5. The molecule has 2 aromatic rings. The molecule has 3 nitrogen and oxygen atoms in total. The van der Waals surface area contributed by atoms with Crippen LogP contribution in [0.15, 0.2) is 53.0 Å². The Kier molecular flexibility index (Phi) is 6.05. The van der Waals surface area contributed by atoms with Crippen molar-refractivity contribution in [3.05, 3.63) is 69.7 Å². The smallest absolute Gasteiger partial charge is 0.224 e. The fourth-order valence-corrected chi connectivity index (χ4v) is 3.39. The summed E-state index contributed by atoms with van der Waals surface area (Å²) in [6, 6.07) is 16.6. The second-order valence-corrected chi connectivity index (χ2v) is 7.22. The lowest BCUT2D eigenvalue weighted by atomic mass is 10.00. The highest BCUT2D eigenvalue weighted by Crippen LogP contribution is 2.18. The van der Waals surface area contributed by atoms with E-state index < -0.39 is 0 Å². The third kappa shape index (κ3) is 4.92. The molecule has 0 fully saturated rings. The molecule has 1 amide bonds. The zero-order valence-electron chi connectivity index (χ0n) is 13.8. The molecule has 0 unspecified atom stereocenters. The molecule has 0 saturated heterocycles. The van der Waals surface area contributed by atoms with Gasteiger partial charge in [-0.25, -0.2) is 0 Å². The van der Waals surface area contributed by atoms with Gasteiger partial charge in [0.25, 0.3) is 0 Å². The number of fused-ring (bicyclic) bond motifs is 1. The van der Waals surface area contributed by atoms with Crippen LogP contribution in [0.25, 0.3) is 0 Å². The summed E-state index contributed by atoms with van der Waals surface area (Å²) in [6.07, 6.45) is 2.57. The van der Waals surface area contributed by atoms with Gasteiger partial charge in [0.2, 0.25) is 5.91 Å². The standard InChI is InChI=1S/C20H23BrN2O/c21-19-8-6-16(7-9-19)14-20(24)22-11-3-12-23-13-10-17-4-1-2-5-18(17)15-23/h1-2,4-9H,3,10-15H2,(H,22,24). The van der Waals surface area contributed by atoms with Crippen LogP contribution in [0.5, 0.6) is 0 Å². The van der Waals surface area contributed by atoms with Crippen LogP contribution in [0.2, 0.25) is 0 Å². The lowest BCUT2D eigenvalue weighted by Crippen LogP contribution is -2.34. The first-order valence-electron chi connectivity index (χ1n) is 8.51.